The van der Waals surface area contributed by atoms with E-state index < -0.39 is 0 Å². The average Bonchev–Trinajstić information content (AvgIpc) is 2.23. The van der Waals surface area contributed by atoms with Crippen LogP contribution >= 0.6 is 0 Å². The average molecular weight is 201 g/mol. The fourth-order valence-electron chi connectivity index (χ4n) is 1.37. The van der Waals surface area contributed by atoms with Crippen LogP contribution in [0.3, 0.4) is 0 Å². The van der Waals surface area contributed by atoms with Crippen molar-refractivity contribution in [3.8, 4) is 5.69 Å². The van der Waals surface area contributed by atoms with Gasteiger partial charge in [0.1, 0.15) is 0 Å². The third-order valence-corrected chi connectivity index (χ3v) is 2.26. The molecule has 1 heterocycles. The van der Waals surface area contributed by atoms with Crippen LogP contribution < -0.4 is 11.3 Å². The Labute approximate surface area is 87.0 Å². The second-order valence-electron chi connectivity index (χ2n) is 3.33. The van der Waals surface area contributed by atoms with E-state index in [1.54, 1.807) is 18.5 Å². The molecule has 0 fully saturated rings. The van der Waals surface area contributed by atoms with Crippen molar-refractivity contribution in [1.29, 1.82) is 0 Å². The van der Waals surface area contributed by atoms with Gasteiger partial charge < -0.3 is 5.73 Å². The van der Waals surface area contributed by atoms with Gasteiger partial charge in [-0.05, 0) is 30.7 Å². The highest BCUT2D eigenvalue weighted by molar-refractivity contribution is 5.51. The quantitative estimate of drug-likeness (QED) is 0.703. The SMILES string of the molecule is Cc1cc(-n2ccncc2=O)ccc1N. The third-order valence-electron chi connectivity index (χ3n) is 2.26. The zero-order valence-corrected chi connectivity index (χ0v) is 8.34. The molecule has 4 nitrogen and oxygen atoms in total. The molecule has 4 heteroatoms. The van der Waals surface area contributed by atoms with Crippen LogP contribution in [0.5, 0.6) is 0 Å². The van der Waals surface area contributed by atoms with Gasteiger partial charge in [0.2, 0.25) is 0 Å². The number of hydrogen-bond acceptors (Lipinski definition) is 3. The van der Waals surface area contributed by atoms with E-state index in [1.165, 1.54) is 10.8 Å². The van der Waals surface area contributed by atoms with E-state index in [0.29, 0.717) is 0 Å². The van der Waals surface area contributed by atoms with Crippen molar-refractivity contribution in [3.63, 3.8) is 0 Å². The number of anilines is 1. The summed E-state index contributed by atoms with van der Waals surface area (Å²) < 4.78 is 1.53. The molecule has 2 N–H and O–H groups in total. The first-order chi connectivity index (χ1) is 7.18. The molecule has 1 aromatic carbocycles. The maximum absolute atomic E-state index is 11.5. The lowest BCUT2D eigenvalue weighted by atomic mass is 10.2. The molecule has 1 aromatic heterocycles. The molecule has 15 heavy (non-hydrogen) atoms. The lowest BCUT2D eigenvalue weighted by Gasteiger charge is -2.06. The normalized spacial score (nSPS) is 10.2. The van der Waals surface area contributed by atoms with Gasteiger partial charge >= 0.3 is 0 Å². The largest absolute Gasteiger partial charge is 0.399 e. The molecule has 0 unspecified atom stereocenters. The first-order valence-electron chi connectivity index (χ1n) is 4.57. The van der Waals surface area contributed by atoms with Gasteiger partial charge in [-0.2, -0.15) is 0 Å². The Bertz CT molecular complexity index is 546. The molecule has 0 spiro atoms. The molecule has 0 aliphatic carbocycles. The summed E-state index contributed by atoms with van der Waals surface area (Å²) in [6.45, 7) is 1.91. The van der Waals surface area contributed by atoms with Crippen LogP contribution in [0.2, 0.25) is 0 Å². The second kappa shape index (κ2) is 3.57. The lowest BCUT2D eigenvalue weighted by Crippen LogP contribution is -2.16. The van der Waals surface area contributed by atoms with Gasteiger partial charge in [0.15, 0.2) is 0 Å². The Morgan fingerprint density at radius 1 is 1.40 bits per heavy atom. The Morgan fingerprint density at radius 2 is 2.20 bits per heavy atom. The zero-order valence-electron chi connectivity index (χ0n) is 8.34. The molecular weight excluding hydrogens is 190 g/mol. The number of aromatic nitrogens is 2. The fourth-order valence-corrected chi connectivity index (χ4v) is 1.37. The molecule has 76 valence electrons. The van der Waals surface area contributed by atoms with Crippen LogP contribution in [-0.2, 0) is 0 Å². The number of nitrogens with two attached hydrogens (primary N) is 1. The van der Waals surface area contributed by atoms with Crippen molar-refractivity contribution < 1.29 is 0 Å². The van der Waals surface area contributed by atoms with E-state index in [2.05, 4.69) is 4.98 Å². The second-order valence-corrected chi connectivity index (χ2v) is 3.33. The summed E-state index contributed by atoms with van der Waals surface area (Å²) in [5.41, 5.74) is 8.03. The molecule has 0 saturated heterocycles. The van der Waals surface area contributed by atoms with E-state index >= 15 is 0 Å². The van der Waals surface area contributed by atoms with Crippen molar-refractivity contribution >= 4 is 5.69 Å². The molecule has 0 radical (unpaired) electrons. The predicted octanol–water partition coefficient (Wildman–Crippen LogP) is 1.12. The zero-order chi connectivity index (χ0) is 10.8. The lowest BCUT2D eigenvalue weighted by molar-refractivity contribution is 0.954. The smallest absolute Gasteiger partial charge is 0.273 e. The standard InChI is InChI=1S/C11H11N3O/c1-8-6-9(2-3-10(8)12)14-5-4-13-7-11(14)15/h2-7H,12H2,1H3. The Kier molecular flexibility index (Phi) is 2.25. The topological polar surface area (TPSA) is 60.9 Å². The van der Waals surface area contributed by atoms with Gasteiger partial charge in [0.25, 0.3) is 5.56 Å². The highest BCUT2D eigenvalue weighted by Gasteiger charge is 2.00. The van der Waals surface area contributed by atoms with Gasteiger partial charge in [-0.3, -0.25) is 14.3 Å². The summed E-state index contributed by atoms with van der Waals surface area (Å²) in [7, 11) is 0. The van der Waals surface area contributed by atoms with Gasteiger partial charge in [0, 0.05) is 23.8 Å². The van der Waals surface area contributed by atoms with E-state index in [9.17, 15) is 4.79 Å². The van der Waals surface area contributed by atoms with E-state index in [0.717, 1.165) is 16.9 Å². The maximum Gasteiger partial charge on any atom is 0.273 e. The number of aryl methyl sites for hydroxylation is 1. The van der Waals surface area contributed by atoms with E-state index in [4.69, 9.17) is 5.73 Å². The monoisotopic (exact) mass is 201 g/mol. The van der Waals surface area contributed by atoms with E-state index in [-0.39, 0.29) is 5.56 Å². The molecule has 0 amide bonds. The van der Waals surface area contributed by atoms with Gasteiger partial charge in [-0.15, -0.1) is 0 Å². The predicted molar refractivity (Wildman–Crippen MR) is 59.0 cm³/mol. The van der Waals surface area contributed by atoms with Gasteiger partial charge in [0.05, 0.1) is 6.20 Å². The third kappa shape index (κ3) is 1.74. The number of nitrogen functional groups attached to an aromatic ring is 1. The van der Waals surface area contributed by atoms with Crippen LogP contribution in [0.25, 0.3) is 5.69 Å². The van der Waals surface area contributed by atoms with Crippen LogP contribution in [0.15, 0.2) is 41.6 Å². The molecule has 0 aliphatic heterocycles. The molecule has 0 saturated carbocycles. The van der Waals surface area contributed by atoms with Crippen molar-refractivity contribution in [2.24, 2.45) is 0 Å². The fraction of sp³-hybridized carbons (Fsp3) is 0.0909. The Morgan fingerprint density at radius 3 is 2.87 bits per heavy atom. The minimum Gasteiger partial charge on any atom is -0.399 e. The number of rotatable bonds is 1. The summed E-state index contributed by atoms with van der Waals surface area (Å²) in [4.78, 5) is 15.2. The van der Waals surface area contributed by atoms with Crippen molar-refractivity contribution in [2.45, 2.75) is 6.92 Å². The molecule has 0 atom stereocenters. The highest BCUT2D eigenvalue weighted by atomic mass is 16.1. The molecule has 0 bridgehead atoms. The van der Waals surface area contributed by atoms with Crippen molar-refractivity contribution in [3.05, 3.63) is 52.7 Å². The summed E-state index contributed by atoms with van der Waals surface area (Å²) in [6, 6.07) is 5.47. The summed E-state index contributed by atoms with van der Waals surface area (Å²) in [5, 5.41) is 0. The number of hydrogen-bond donors (Lipinski definition) is 1. The summed E-state index contributed by atoms with van der Waals surface area (Å²) >= 11 is 0. The Balaban J connectivity index is 2.60. The highest BCUT2D eigenvalue weighted by Crippen LogP contribution is 2.14. The van der Waals surface area contributed by atoms with Crippen molar-refractivity contribution in [1.82, 2.24) is 9.55 Å². The van der Waals surface area contributed by atoms with Gasteiger partial charge in [-0.1, -0.05) is 0 Å². The van der Waals surface area contributed by atoms with Crippen LogP contribution in [-0.4, -0.2) is 9.55 Å². The maximum atomic E-state index is 11.5. The van der Waals surface area contributed by atoms with Crippen LogP contribution in [0.4, 0.5) is 5.69 Å². The van der Waals surface area contributed by atoms with Crippen LogP contribution in [0, 0.1) is 6.92 Å². The molecule has 0 aliphatic rings. The minimum absolute atomic E-state index is 0.151. The first kappa shape index (κ1) is 9.45. The van der Waals surface area contributed by atoms with Crippen LogP contribution in [0.1, 0.15) is 5.56 Å². The van der Waals surface area contributed by atoms with Crippen molar-refractivity contribution in [2.75, 3.05) is 5.73 Å². The van der Waals surface area contributed by atoms with Gasteiger partial charge in [-0.25, -0.2) is 0 Å². The number of benzene rings is 1. The summed E-state index contributed by atoms with van der Waals surface area (Å²) in [6.07, 6.45) is 4.49. The number of nitrogens with zero attached hydrogens (tertiary/aromatic N) is 2. The van der Waals surface area contributed by atoms with E-state index in [1.807, 2.05) is 19.1 Å². The molecule has 2 aromatic rings. The Hall–Kier alpha value is -2.10. The first-order valence-corrected chi connectivity index (χ1v) is 4.57. The minimum atomic E-state index is -0.151. The summed E-state index contributed by atoms with van der Waals surface area (Å²) in [5.74, 6) is 0. The molecular formula is C11H11N3O. The molecule has 2 rings (SSSR count).